The number of carbonyl (C=O) groups excluding carboxylic acids is 1. The first-order chi connectivity index (χ1) is 6.20. The Labute approximate surface area is 78.5 Å². The minimum Gasteiger partial charge on any atom is -0.462 e. The number of esters is 1. The molecule has 2 nitrogen and oxygen atoms in total. The third-order valence-electron chi connectivity index (χ3n) is 1.51. The topological polar surface area (TPSA) is 26.3 Å². The Morgan fingerprint density at radius 1 is 1.46 bits per heavy atom. The molecule has 1 aromatic rings. The second-order valence-corrected chi connectivity index (χ2v) is 3.07. The summed E-state index contributed by atoms with van der Waals surface area (Å²) in [4.78, 5) is 11.3. The van der Waals surface area contributed by atoms with E-state index >= 15 is 0 Å². The summed E-state index contributed by atoms with van der Waals surface area (Å²) >= 11 is 0. The van der Waals surface area contributed by atoms with Crippen molar-refractivity contribution < 1.29 is 9.53 Å². The Balaban J connectivity index is 2.50. The van der Waals surface area contributed by atoms with Gasteiger partial charge in [-0.3, -0.25) is 0 Å². The molecule has 0 saturated carbocycles. The van der Waals surface area contributed by atoms with Gasteiger partial charge in [-0.2, -0.15) is 0 Å². The maximum absolute atomic E-state index is 11.3. The molecular weight excluding hydrogens is 164 g/mol. The van der Waals surface area contributed by atoms with Crippen molar-refractivity contribution in [2.45, 2.75) is 6.92 Å². The summed E-state index contributed by atoms with van der Waals surface area (Å²) in [6.45, 7) is 6.00. The molecule has 1 rings (SSSR count). The SMILES string of the molecule is [CH2]C(C)COC(=O)c1ccccc1. The molecule has 13 heavy (non-hydrogen) atoms. The molecule has 1 radical (unpaired) electrons. The van der Waals surface area contributed by atoms with Crippen LogP contribution in [0.1, 0.15) is 17.3 Å². The molecule has 0 amide bonds. The second kappa shape index (κ2) is 4.65. The molecule has 0 aliphatic heterocycles. The fourth-order valence-electron chi connectivity index (χ4n) is 0.876. The van der Waals surface area contributed by atoms with Crippen LogP contribution >= 0.6 is 0 Å². The lowest BCUT2D eigenvalue weighted by atomic mass is 10.2. The van der Waals surface area contributed by atoms with Crippen molar-refractivity contribution in [2.75, 3.05) is 6.61 Å². The molecule has 0 aliphatic rings. The monoisotopic (exact) mass is 177 g/mol. The predicted octanol–water partition coefficient (Wildman–Crippen LogP) is 2.31. The quantitative estimate of drug-likeness (QED) is 0.662. The zero-order chi connectivity index (χ0) is 9.68. The van der Waals surface area contributed by atoms with Gasteiger partial charge in [-0.05, 0) is 25.0 Å². The third-order valence-corrected chi connectivity index (χ3v) is 1.51. The van der Waals surface area contributed by atoms with Gasteiger partial charge in [0.05, 0.1) is 12.2 Å². The lowest BCUT2D eigenvalue weighted by Gasteiger charge is -2.06. The molecule has 69 valence electrons. The van der Waals surface area contributed by atoms with E-state index in [0.29, 0.717) is 12.2 Å². The van der Waals surface area contributed by atoms with Crippen molar-refractivity contribution >= 4 is 5.97 Å². The van der Waals surface area contributed by atoms with Crippen molar-refractivity contribution in [3.8, 4) is 0 Å². The summed E-state index contributed by atoms with van der Waals surface area (Å²) in [6, 6.07) is 8.95. The van der Waals surface area contributed by atoms with E-state index in [0.717, 1.165) is 0 Å². The van der Waals surface area contributed by atoms with Gasteiger partial charge in [0.2, 0.25) is 0 Å². The molecule has 0 spiro atoms. The van der Waals surface area contributed by atoms with E-state index in [-0.39, 0.29) is 11.9 Å². The van der Waals surface area contributed by atoms with Gasteiger partial charge in [0.25, 0.3) is 0 Å². The first-order valence-electron chi connectivity index (χ1n) is 4.25. The number of hydrogen-bond acceptors (Lipinski definition) is 2. The van der Waals surface area contributed by atoms with Gasteiger partial charge in [0.1, 0.15) is 0 Å². The van der Waals surface area contributed by atoms with Crippen LogP contribution in [0.3, 0.4) is 0 Å². The highest BCUT2D eigenvalue weighted by Gasteiger charge is 2.05. The van der Waals surface area contributed by atoms with Crippen LogP contribution in [0.15, 0.2) is 30.3 Å². The van der Waals surface area contributed by atoms with E-state index in [1.807, 2.05) is 25.1 Å². The van der Waals surface area contributed by atoms with Crippen LogP contribution in [0.5, 0.6) is 0 Å². The molecule has 0 aliphatic carbocycles. The summed E-state index contributed by atoms with van der Waals surface area (Å²) in [5.74, 6) is -0.149. The van der Waals surface area contributed by atoms with Crippen molar-refractivity contribution in [3.63, 3.8) is 0 Å². The molecule has 0 aromatic heterocycles. The Kier molecular flexibility index (Phi) is 3.50. The van der Waals surface area contributed by atoms with Gasteiger partial charge in [-0.15, -0.1) is 0 Å². The van der Waals surface area contributed by atoms with Crippen molar-refractivity contribution in [3.05, 3.63) is 42.8 Å². The van der Waals surface area contributed by atoms with Gasteiger partial charge in [-0.1, -0.05) is 25.1 Å². The Morgan fingerprint density at radius 3 is 2.62 bits per heavy atom. The number of carbonyl (C=O) groups is 1. The Morgan fingerprint density at radius 2 is 2.08 bits per heavy atom. The van der Waals surface area contributed by atoms with Crippen LogP contribution < -0.4 is 0 Å². The molecule has 1 unspecified atom stereocenters. The number of hydrogen-bond donors (Lipinski definition) is 0. The van der Waals surface area contributed by atoms with Gasteiger partial charge in [0, 0.05) is 0 Å². The molecule has 2 heteroatoms. The van der Waals surface area contributed by atoms with E-state index < -0.39 is 0 Å². The molecule has 1 atom stereocenters. The summed E-state index contributed by atoms with van der Waals surface area (Å²) < 4.78 is 4.99. The number of benzene rings is 1. The van der Waals surface area contributed by atoms with Crippen LogP contribution in [0.4, 0.5) is 0 Å². The third kappa shape index (κ3) is 3.28. The standard InChI is InChI=1S/C11H13O2/c1-9(2)8-13-11(12)10-6-4-3-5-7-10/h3-7,9H,1,8H2,2H3. The zero-order valence-corrected chi connectivity index (χ0v) is 7.69. The largest absolute Gasteiger partial charge is 0.462 e. The zero-order valence-electron chi connectivity index (χ0n) is 7.69. The van der Waals surface area contributed by atoms with Crippen LogP contribution in [0.2, 0.25) is 0 Å². The maximum atomic E-state index is 11.3. The molecule has 0 fully saturated rings. The summed E-state index contributed by atoms with van der Waals surface area (Å²) in [6.07, 6.45) is 0. The van der Waals surface area contributed by atoms with Crippen molar-refractivity contribution in [1.29, 1.82) is 0 Å². The molecule has 0 saturated heterocycles. The van der Waals surface area contributed by atoms with Crippen LogP contribution in [0.25, 0.3) is 0 Å². The van der Waals surface area contributed by atoms with Gasteiger partial charge in [-0.25, -0.2) is 4.79 Å². The van der Waals surface area contributed by atoms with Gasteiger partial charge < -0.3 is 4.74 Å². The highest BCUT2D eigenvalue weighted by Crippen LogP contribution is 2.02. The van der Waals surface area contributed by atoms with E-state index in [2.05, 4.69) is 6.92 Å². The molecule has 1 aromatic carbocycles. The van der Waals surface area contributed by atoms with Gasteiger partial charge in [0.15, 0.2) is 0 Å². The number of ether oxygens (including phenoxy) is 1. The van der Waals surface area contributed by atoms with Crippen LogP contribution in [-0.4, -0.2) is 12.6 Å². The van der Waals surface area contributed by atoms with Crippen LogP contribution in [-0.2, 0) is 4.74 Å². The van der Waals surface area contributed by atoms with Crippen molar-refractivity contribution in [1.82, 2.24) is 0 Å². The van der Waals surface area contributed by atoms with E-state index in [1.165, 1.54) is 0 Å². The number of rotatable bonds is 3. The van der Waals surface area contributed by atoms with Crippen molar-refractivity contribution in [2.24, 2.45) is 5.92 Å². The molecular formula is C11H13O2. The average molecular weight is 177 g/mol. The predicted molar refractivity (Wildman–Crippen MR) is 51.2 cm³/mol. The lowest BCUT2D eigenvalue weighted by Crippen LogP contribution is -2.09. The normalized spacial score (nSPS) is 10.1. The van der Waals surface area contributed by atoms with E-state index in [1.54, 1.807) is 12.1 Å². The molecule has 0 bridgehead atoms. The second-order valence-electron chi connectivity index (χ2n) is 3.07. The van der Waals surface area contributed by atoms with Gasteiger partial charge >= 0.3 is 5.97 Å². The maximum Gasteiger partial charge on any atom is 0.338 e. The summed E-state index contributed by atoms with van der Waals surface area (Å²) in [7, 11) is 0. The highest BCUT2D eigenvalue weighted by molar-refractivity contribution is 5.89. The fourth-order valence-corrected chi connectivity index (χ4v) is 0.876. The molecule has 0 N–H and O–H groups in total. The Bertz CT molecular complexity index is 265. The lowest BCUT2D eigenvalue weighted by molar-refractivity contribution is 0.0471. The highest BCUT2D eigenvalue weighted by atomic mass is 16.5. The minimum atomic E-state index is -0.281. The first kappa shape index (κ1) is 9.78. The first-order valence-corrected chi connectivity index (χ1v) is 4.25. The molecule has 0 heterocycles. The summed E-state index contributed by atoms with van der Waals surface area (Å²) in [5.41, 5.74) is 0.586. The average Bonchev–Trinajstić information content (AvgIpc) is 2.15. The smallest absolute Gasteiger partial charge is 0.338 e. The fraction of sp³-hybridized carbons (Fsp3) is 0.273. The minimum absolute atomic E-state index is 0.132. The van der Waals surface area contributed by atoms with Crippen LogP contribution in [0, 0.1) is 12.8 Å². The van der Waals surface area contributed by atoms with E-state index in [4.69, 9.17) is 4.74 Å². The Hall–Kier alpha value is -1.31. The summed E-state index contributed by atoms with van der Waals surface area (Å²) in [5, 5.41) is 0. The van der Waals surface area contributed by atoms with E-state index in [9.17, 15) is 4.79 Å².